The fourth-order valence-electron chi connectivity index (χ4n) is 3.92. The first-order chi connectivity index (χ1) is 12.6. The molecule has 1 aromatic rings. The first kappa shape index (κ1) is 19.9. The number of piperazine rings is 1. The van der Waals surface area contributed by atoms with Crippen molar-refractivity contribution in [2.45, 2.75) is 51.4 Å². The minimum absolute atomic E-state index is 0.0951. The molecule has 2 atom stereocenters. The Morgan fingerprint density at radius 2 is 1.93 bits per heavy atom. The fourth-order valence-corrected chi connectivity index (χ4v) is 3.92. The Hall–Kier alpha value is -1.80. The Morgan fingerprint density at radius 1 is 1.26 bits per heavy atom. The molecule has 1 N–H and O–H groups in total. The zero-order chi connectivity index (χ0) is 19.8. The Bertz CT molecular complexity index is 659. The largest absolute Gasteiger partial charge is 0.444 e. The lowest BCUT2D eigenvalue weighted by atomic mass is 9.87. The van der Waals surface area contributed by atoms with Gasteiger partial charge in [0.1, 0.15) is 5.60 Å². The van der Waals surface area contributed by atoms with Crippen molar-refractivity contribution in [1.29, 1.82) is 0 Å². The Kier molecular flexibility index (Phi) is 5.40. The number of aromatic nitrogens is 2. The molecule has 3 heterocycles. The lowest BCUT2D eigenvalue weighted by molar-refractivity contribution is -0.0839. The van der Waals surface area contributed by atoms with E-state index in [1.54, 1.807) is 4.90 Å². The van der Waals surface area contributed by atoms with Crippen molar-refractivity contribution < 1.29 is 14.6 Å². The van der Waals surface area contributed by atoms with Gasteiger partial charge >= 0.3 is 6.09 Å². The van der Waals surface area contributed by atoms with E-state index in [2.05, 4.69) is 14.8 Å². The van der Waals surface area contributed by atoms with Gasteiger partial charge in [-0.3, -0.25) is 4.90 Å². The SMILES string of the molecule is Cn1ccnc1N1CCN([C@@H]2CN(C(=O)OC(C)(C)C)CC[C@@]2(C)O)CC1. The van der Waals surface area contributed by atoms with Crippen LogP contribution in [0.1, 0.15) is 34.1 Å². The topological polar surface area (TPSA) is 74.1 Å². The molecule has 1 amide bonds. The van der Waals surface area contributed by atoms with Crippen LogP contribution in [0.4, 0.5) is 10.7 Å². The van der Waals surface area contributed by atoms with Gasteiger partial charge in [0.25, 0.3) is 0 Å². The van der Waals surface area contributed by atoms with Crippen LogP contribution < -0.4 is 4.90 Å². The van der Waals surface area contributed by atoms with E-state index in [1.807, 2.05) is 51.7 Å². The lowest BCUT2D eigenvalue weighted by Crippen LogP contribution is -2.65. The van der Waals surface area contributed by atoms with Gasteiger partial charge < -0.3 is 24.2 Å². The molecule has 2 saturated heterocycles. The standard InChI is InChI=1S/C19H33N5O3/c1-18(2,3)27-17(25)24-8-6-19(4,26)15(14-24)22-10-12-23(13-11-22)16-20-7-9-21(16)5/h7,9,15,26H,6,8,10-14H2,1-5H3/t15-,19-/m1/s1. The number of aliphatic hydroxyl groups is 1. The van der Waals surface area contributed by atoms with Gasteiger partial charge in [-0.15, -0.1) is 0 Å². The molecule has 2 aliphatic rings. The Balaban J connectivity index is 1.63. The normalized spacial score (nSPS) is 27.7. The molecular formula is C19H33N5O3. The Morgan fingerprint density at radius 3 is 2.48 bits per heavy atom. The second kappa shape index (κ2) is 7.31. The Labute approximate surface area is 161 Å². The number of amides is 1. The number of piperidine rings is 1. The number of ether oxygens (including phenoxy) is 1. The van der Waals surface area contributed by atoms with Crippen molar-refractivity contribution in [2.75, 3.05) is 44.2 Å². The number of carbonyl (C=O) groups excluding carboxylic acids is 1. The highest BCUT2D eigenvalue weighted by atomic mass is 16.6. The van der Waals surface area contributed by atoms with Gasteiger partial charge in [0, 0.05) is 58.7 Å². The summed E-state index contributed by atoms with van der Waals surface area (Å²) in [5, 5.41) is 11.0. The van der Waals surface area contributed by atoms with E-state index < -0.39 is 11.2 Å². The van der Waals surface area contributed by atoms with Gasteiger partial charge in [-0.05, 0) is 34.1 Å². The van der Waals surface area contributed by atoms with Gasteiger partial charge in [-0.25, -0.2) is 9.78 Å². The van der Waals surface area contributed by atoms with Crippen molar-refractivity contribution in [3.63, 3.8) is 0 Å². The van der Waals surface area contributed by atoms with Crippen LogP contribution in [0.5, 0.6) is 0 Å². The molecule has 0 aromatic carbocycles. The van der Waals surface area contributed by atoms with E-state index in [4.69, 9.17) is 4.74 Å². The van der Waals surface area contributed by atoms with Crippen LogP contribution >= 0.6 is 0 Å². The first-order valence-electron chi connectivity index (χ1n) is 9.73. The monoisotopic (exact) mass is 379 g/mol. The van der Waals surface area contributed by atoms with Gasteiger partial charge in [0.2, 0.25) is 5.95 Å². The maximum absolute atomic E-state index is 12.5. The average Bonchev–Trinajstić information content (AvgIpc) is 2.99. The highest BCUT2D eigenvalue weighted by Crippen LogP contribution is 2.28. The number of hydrogen-bond donors (Lipinski definition) is 1. The number of rotatable bonds is 2. The number of aryl methyl sites for hydroxylation is 1. The second-order valence-corrected chi connectivity index (χ2v) is 8.91. The lowest BCUT2D eigenvalue weighted by Gasteiger charge is -2.49. The predicted molar refractivity (Wildman–Crippen MR) is 104 cm³/mol. The maximum Gasteiger partial charge on any atom is 0.410 e. The molecule has 0 saturated carbocycles. The van der Waals surface area contributed by atoms with Crippen LogP contribution in [0.3, 0.4) is 0 Å². The minimum Gasteiger partial charge on any atom is -0.444 e. The van der Waals surface area contributed by atoms with Crippen molar-refractivity contribution in [3.8, 4) is 0 Å². The predicted octanol–water partition coefficient (Wildman–Crippen LogP) is 1.30. The van der Waals surface area contributed by atoms with Gasteiger partial charge in [0.15, 0.2) is 0 Å². The smallest absolute Gasteiger partial charge is 0.410 e. The van der Waals surface area contributed by atoms with Crippen LogP contribution in [0.2, 0.25) is 0 Å². The van der Waals surface area contributed by atoms with Gasteiger partial charge in [-0.2, -0.15) is 0 Å². The number of hydrogen-bond acceptors (Lipinski definition) is 6. The summed E-state index contributed by atoms with van der Waals surface area (Å²) in [6.45, 7) is 11.9. The molecule has 0 aliphatic carbocycles. The second-order valence-electron chi connectivity index (χ2n) is 8.91. The van der Waals surface area contributed by atoms with Gasteiger partial charge in [0.05, 0.1) is 11.6 Å². The summed E-state index contributed by atoms with van der Waals surface area (Å²) in [5.74, 6) is 0.973. The summed E-state index contributed by atoms with van der Waals surface area (Å²) in [5.41, 5.74) is -1.33. The number of imidazole rings is 1. The first-order valence-corrected chi connectivity index (χ1v) is 9.73. The summed E-state index contributed by atoms with van der Waals surface area (Å²) in [7, 11) is 2.00. The third-order valence-corrected chi connectivity index (χ3v) is 5.48. The molecular weight excluding hydrogens is 346 g/mol. The zero-order valence-corrected chi connectivity index (χ0v) is 17.2. The quantitative estimate of drug-likeness (QED) is 0.835. The summed E-state index contributed by atoms with van der Waals surface area (Å²) in [4.78, 5) is 23.2. The average molecular weight is 380 g/mol. The van der Waals surface area contributed by atoms with Crippen molar-refractivity contribution in [2.24, 2.45) is 7.05 Å². The fraction of sp³-hybridized carbons (Fsp3) is 0.789. The summed E-state index contributed by atoms with van der Waals surface area (Å²) >= 11 is 0. The van der Waals surface area contributed by atoms with E-state index >= 15 is 0 Å². The molecule has 27 heavy (non-hydrogen) atoms. The van der Waals surface area contributed by atoms with Gasteiger partial charge in [-0.1, -0.05) is 0 Å². The number of carbonyl (C=O) groups is 1. The molecule has 1 aromatic heterocycles. The number of nitrogens with zero attached hydrogens (tertiary/aromatic N) is 5. The minimum atomic E-state index is -0.816. The third-order valence-electron chi connectivity index (χ3n) is 5.48. The molecule has 2 fully saturated rings. The van der Waals surface area contributed by atoms with E-state index in [-0.39, 0.29) is 12.1 Å². The number of likely N-dealkylation sites (tertiary alicyclic amines) is 1. The molecule has 0 unspecified atom stereocenters. The third kappa shape index (κ3) is 4.55. The van der Waals surface area contributed by atoms with Crippen LogP contribution in [-0.4, -0.2) is 87.1 Å². The summed E-state index contributed by atoms with van der Waals surface area (Å²) in [6, 6.07) is -0.0951. The molecule has 2 aliphatic heterocycles. The molecule has 0 radical (unpaired) electrons. The van der Waals surface area contributed by atoms with E-state index in [1.165, 1.54) is 0 Å². The van der Waals surface area contributed by atoms with Crippen LogP contribution in [0.25, 0.3) is 0 Å². The van der Waals surface area contributed by atoms with E-state index in [0.29, 0.717) is 19.5 Å². The summed E-state index contributed by atoms with van der Waals surface area (Å²) in [6.07, 6.45) is 4.02. The number of anilines is 1. The molecule has 152 valence electrons. The molecule has 8 heteroatoms. The van der Waals surface area contributed by atoms with Crippen LogP contribution in [0.15, 0.2) is 12.4 Å². The van der Waals surface area contributed by atoms with Crippen LogP contribution in [-0.2, 0) is 11.8 Å². The van der Waals surface area contributed by atoms with E-state index in [9.17, 15) is 9.90 Å². The zero-order valence-electron chi connectivity index (χ0n) is 17.2. The van der Waals surface area contributed by atoms with Crippen molar-refractivity contribution in [3.05, 3.63) is 12.4 Å². The highest BCUT2D eigenvalue weighted by molar-refractivity contribution is 5.68. The molecule has 3 rings (SSSR count). The molecule has 0 spiro atoms. The van der Waals surface area contributed by atoms with Crippen LogP contribution in [0, 0.1) is 0 Å². The summed E-state index contributed by atoms with van der Waals surface area (Å²) < 4.78 is 7.55. The highest BCUT2D eigenvalue weighted by Gasteiger charge is 2.44. The van der Waals surface area contributed by atoms with Crippen molar-refractivity contribution >= 4 is 12.0 Å². The molecule has 8 nitrogen and oxygen atoms in total. The van der Waals surface area contributed by atoms with E-state index in [0.717, 1.165) is 32.1 Å². The maximum atomic E-state index is 12.5. The molecule has 0 bridgehead atoms. The van der Waals surface area contributed by atoms with Crippen molar-refractivity contribution in [1.82, 2.24) is 19.4 Å².